The molecule has 2 amide bonds. The Bertz CT molecular complexity index is 990. The number of nitrogens with zero attached hydrogens (tertiary/aromatic N) is 1. The van der Waals surface area contributed by atoms with Gasteiger partial charge >= 0.3 is 5.97 Å². The summed E-state index contributed by atoms with van der Waals surface area (Å²) in [6.45, 7) is 6.33. The molecule has 170 valence electrons. The molecule has 2 aliphatic heterocycles. The third-order valence-corrected chi connectivity index (χ3v) is 7.15. The molecule has 2 aliphatic rings. The molecule has 1 aromatic heterocycles. The van der Waals surface area contributed by atoms with Crippen molar-refractivity contribution in [3.8, 4) is 5.75 Å². The molecule has 4 atom stereocenters. The van der Waals surface area contributed by atoms with Crippen LogP contribution in [-0.4, -0.2) is 36.5 Å². The first-order valence-electron chi connectivity index (χ1n) is 11.1. The fourth-order valence-corrected chi connectivity index (χ4v) is 5.82. The van der Waals surface area contributed by atoms with Crippen molar-refractivity contribution < 1.29 is 23.9 Å². The summed E-state index contributed by atoms with van der Waals surface area (Å²) >= 11 is 1.51. The van der Waals surface area contributed by atoms with Crippen molar-refractivity contribution in [1.82, 2.24) is 5.32 Å². The summed E-state index contributed by atoms with van der Waals surface area (Å²) in [5.74, 6) is -1.96. The summed E-state index contributed by atoms with van der Waals surface area (Å²) in [6, 6.07) is 10.3. The summed E-state index contributed by atoms with van der Waals surface area (Å²) in [5, 5.41) is 5.33. The van der Waals surface area contributed by atoms with Crippen LogP contribution in [0.3, 0.4) is 0 Å². The van der Waals surface area contributed by atoms with Gasteiger partial charge in [-0.1, -0.05) is 19.4 Å². The SMILES string of the molecule is CCC[C@]1(C(=O)OCC)N[C@H](c2cccs2)[C@@H]2C(=O)N(c3ccc(OCC)cc3)C(=O)[C@H]21. The standard InChI is InChI=1S/C24H28N2O5S/c1-4-13-24(23(29)31-6-3)19-18(20(25-24)17-8-7-14-32-17)21(27)26(22(19)28)15-9-11-16(12-10-15)30-5-2/h7-12,14,18-20,25H,4-6,13H2,1-3H3/t18-,19+,20-,24+/m1/s1. The Morgan fingerprint density at radius 3 is 2.44 bits per heavy atom. The highest BCUT2D eigenvalue weighted by Crippen LogP contribution is 2.52. The number of benzene rings is 1. The van der Waals surface area contributed by atoms with Gasteiger partial charge in [0.2, 0.25) is 11.8 Å². The summed E-state index contributed by atoms with van der Waals surface area (Å²) in [7, 11) is 0. The van der Waals surface area contributed by atoms with Gasteiger partial charge in [-0.25, -0.2) is 4.90 Å². The van der Waals surface area contributed by atoms with Crippen molar-refractivity contribution in [2.75, 3.05) is 18.1 Å². The molecule has 0 aliphatic carbocycles. The quantitative estimate of drug-likeness (QED) is 0.482. The van der Waals surface area contributed by atoms with E-state index in [0.29, 0.717) is 30.9 Å². The molecule has 2 saturated heterocycles. The second-order valence-corrected chi connectivity index (χ2v) is 9.00. The predicted octanol–water partition coefficient (Wildman–Crippen LogP) is 3.70. The fourth-order valence-electron chi connectivity index (χ4n) is 5.00. The highest BCUT2D eigenvalue weighted by Gasteiger charge is 2.68. The van der Waals surface area contributed by atoms with E-state index in [2.05, 4.69) is 5.32 Å². The molecule has 7 nitrogen and oxygen atoms in total. The highest BCUT2D eigenvalue weighted by molar-refractivity contribution is 7.10. The van der Waals surface area contributed by atoms with Crippen LogP contribution in [0.25, 0.3) is 0 Å². The van der Waals surface area contributed by atoms with E-state index in [1.54, 1.807) is 31.2 Å². The van der Waals surface area contributed by atoms with Gasteiger partial charge < -0.3 is 9.47 Å². The van der Waals surface area contributed by atoms with Crippen molar-refractivity contribution >= 4 is 34.8 Å². The summed E-state index contributed by atoms with van der Waals surface area (Å²) in [5.41, 5.74) is -0.756. The normalized spacial score (nSPS) is 27.0. The van der Waals surface area contributed by atoms with Gasteiger partial charge in [-0.05, 0) is 56.0 Å². The van der Waals surface area contributed by atoms with Crippen LogP contribution in [0.5, 0.6) is 5.75 Å². The maximum atomic E-state index is 13.8. The lowest BCUT2D eigenvalue weighted by Gasteiger charge is -2.32. The molecule has 3 heterocycles. The van der Waals surface area contributed by atoms with Gasteiger partial charge in [-0.2, -0.15) is 0 Å². The second kappa shape index (κ2) is 9.03. The number of esters is 1. The van der Waals surface area contributed by atoms with Crippen LogP contribution in [0.1, 0.15) is 44.5 Å². The lowest BCUT2D eigenvalue weighted by molar-refractivity contribution is -0.155. The summed E-state index contributed by atoms with van der Waals surface area (Å²) < 4.78 is 10.9. The molecule has 0 radical (unpaired) electrons. The Labute approximate surface area is 191 Å². The molecule has 32 heavy (non-hydrogen) atoms. The van der Waals surface area contributed by atoms with Crippen LogP contribution < -0.4 is 15.0 Å². The molecule has 0 bridgehead atoms. The van der Waals surface area contributed by atoms with Gasteiger partial charge in [-0.3, -0.25) is 19.7 Å². The van der Waals surface area contributed by atoms with Gasteiger partial charge in [0.1, 0.15) is 11.3 Å². The molecule has 8 heteroatoms. The average molecular weight is 457 g/mol. The molecule has 1 N–H and O–H groups in total. The number of fused-ring (bicyclic) bond motifs is 1. The number of nitrogens with one attached hydrogen (secondary N) is 1. The van der Waals surface area contributed by atoms with Crippen molar-refractivity contribution in [3.63, 3.8) is 0 Å². The first-order valence-corrected chi connectivity index (χ1v) is 11.9. The smallest absolute Gasteiger partial charge is 0.327 e. The van der Waals surface area contributed by atoms with Crippen LogP contribution in [0, 0.1) is 11.8 Å². The Hall–Kier alpha value is -2.71. The van der Waals surface area contributed by atoms with Crippen molar-refractivity contribution in [1.29, 1.82) is 0 Å². The number of thiophene rings is 1. The van der Waals surface area contributed by atoms with E-state index >= 15 is 0 Å². The number of imide groups is 1. The largest absolute Gasteiger partial charge is 0.494 e. The molecule has 0 saturated carbocycles. The zero-order chi connectivity index (χ0) is 22.9. The van der Waals surface area contributed by atoms with E-state index < -0.39 is 29.4 Å². The topological polar surface area (TPSA) is 84.9 Å². The molecular weight excluding hydrogens is 428 g/mol. The van der Waals surface area contributed by atoms with Crippen LogP contribution in [0.4, 0.5) is 5.69 Å². The van der Waals surface area contributed by atoms with Crippen molar-refractivity contribution in [2.24, 2.45) is 11.8 Å². The van der Waals surface area contributed by atoms with E-state index in [1.165, 1.54) is 16.2 Å². The number of carbonyl (C=O) groups excluding carboxylic acids is 3. The molecule has 0 unspecified atom stereocenters. The molecule has 2 fully saturated rings. The first-order chi connectivity index (χ1) is 15.5. The third-order valence-electron chi connectivity index (χ3n) is 6.19. The monoisotopic (exact) mass is 456 g/mol. The average Bonchev–Trinajstić information content (AvgIpc) is 3.47. The highest BCUT2D eigenvalue weighted by atomic mass is 32.1. The third kappa shape index (κ3) is 3.51. The zero-order valence-corrected chi connectivity index (χ0v) is 19.3. The van der Waals surface area contributed by atoms with Gasteiger partial charge in [0.15, 0.2) is 0 Å². The van der Waals surface area contributed by atoms with E-state index in [0.717, 1.165) is 4.88 Å². The minimum Gasteiger partial charge on any atom is -0.494 e. The number of hydrogen-bond acceptors (Lipinski definition) is 7. The Kier molecular flexibility index (Phi) is 6.35. The number of hydrogen-bond donors (Lipinski definition) is 1. The van der Waals surface area contributed by atoms with Crippen molar-refractivity contribution in [2.45, 2.75) is 45.2 Å². The number of amides is 2. The Balaban J connectivity index is 1.79. The fraction of sp³-hybridized carbons (Fsp3) is 0.458. The maximum Gasteiger partial charge on any atom is 0.327 e. The van der Waals surface area contributed by atoms with Crippen LogP contribution in [-0.2, 0) is 19.1 Å². The zero-order valence-electron chi connectivity index (χ0n) is 18.5. The Morgan fingerprint density at radius 2 is 1.84 bits per heavy atom. The Morgan fingerprint density at radius 1 is 1.09 bits per heavy atom. The van der Waals surface area contributed by atoms with Crippen LogP contribution in [0.2, 0.25) is 0 Å². The lowest BCUT2D eigenvalue weighted by atomic mass is 9.77. The van der Waals surface area contributed by atoms with E-state index in [-0.39, 0.29) is 18.4 Å². The van der Waals surface area contributed by atoms with Gasteiger partial charge in [0.25, 0.3) is 0 Å². The second-order valence-electron chi connectivity index (χ2n) is 8.02. The van der Waals surface area contributed by atoms with Gasteiger partial charge in [0, 0.05) is 4.88 Å². The number of anilines is 1. The summed E-state index contributed by atoms with van der Waals surface area (Å²) in [4.78, 5) is 42.8. The number of ether oxygens (including phenoxy) is 2. The minimum atomic E-state index is -1.24. The predicted molar refractivity (Wildman–Crippen MR) is 122 cm³/mol. The van der Waals surface area contributed by atoms with Gasteiger partial charge in [-0.15, -0.1) is 11.3 Å². The van der Waals surface area contributed by atoms with Crippen LogP contribution in [0.15, 0.2) is 41.8 Å². The number of carbonyl (C=O) groups is 3. The van der Waals surface area contributed by atoms with Crippen LogP contribution >= 0.6 is 11.3 Å². The molecular formula is C24H28N2O5S. The molecule has 2 aromatic rings. The lowest BCUT2D eigenvalue weighted by Crippen LogP contribution is -2.56. The molecule has 4 rings (SSSR count). The maximum absolute atomic E-state index is 13.8. The molecule has 0 spiro atoms. The van der Waals surface area contributed by atoms with E-state index in [1.807, 2.05) is 31.4 Å². The summed E-state index contributed by atoms with van der Waals surface area (Å²) in [6.07, 6.45) is 1.07. The molecule has 1 aromatic carbocycles. The van der Waals surface area contributed by atoms with E-state index in [9.17, 15) is 14.4 Å². The number of rotatable bonds is 8. The van der Waals surface area contributed by atoms with E-state index in [4.69, 9.17) is 9.47 Å². The first kappa shape index (κ1) is 22.5. The minimum absolute atomic E-state index is 0.206. The van der Waals surface area contributed by atoms with Crippen molar-refractivity contribution in [3.05, 3.63) is 46.7 Å². The van der Waals surface area contributed by atoms with Gasteiger partial charge in [0.05, 0.1) is 36.8 Å².